The van der Waals surface area contributed by atoms with Crippen LogP contribution in [0.1, 0.15) is 6.42 Å². The molecule has 0 saturated carbocycles. The Morgan fingerprint density at radius 1 is 1.27 bits per heavy atom. The Labute approximate surface area is 65.1 Å². The fourth-order valence-corrected chi connectivity index (χ4v) is 0.879. The zero-order valence-corrected chi connectivity index (χ0v) is 6.63. The van der Waals surface area contributed by atoms with Crippen LogP contribution < -0.4 is 0 Å². The molecule has 60 valence electrons. The molecule has 0 radical (unpaired) electrons. The molecule has 0 aliphatic carbocycles. The number of hydrogen-bond donors (Lipinski definition) is 0. The van der Waals surface area contributed by atoms with Crippen molar-refractivity contribution >= 4 is 11.9 Å². The molecule has 3 amide bonds. The number of hydrogen-bond acceptors (Lipinski definition) is 2. The van der Waals surface area contributed by atoms with Crippen LogP contribution in [-0.2, 0) is 4.79 Å². The van der Waals surface area contributed by atoms with E-state index in [-0.39, 0.29) is 18.4 Å². The van der Waals surface area contributed by atoms with Crippen molar-refractivity contribution in [3.8, 4) is 0 Å². The van der Waals surface area contributed by atoms with Crippen molar-refractivity contribution in [3.05, 3.63) is 12.3 Å². The van der Waals surface area contributed by atoms with E-state index in [0.29, 0.717) is 5.70 Å². The first-order valence-electron chi connectivity index (χ1n) is 3.26. The van der Waals surface area contributed by atoms with Crippen molar-refractivity contribution < 1.29 is 9.59 Å². The molecule has 0 aromatic rings. The van der Waals surface area contributed by atoms with Gasteiger partial charge >= 0.3 is 6.03 Å². The van der Waals surface area contributed by atoms with E-state index in [1.165, 1.54) is 11.9 Å². The third kappa shape index (κ3) is 1.11. The summed E-state index contributed by atoms with van der Waals surface area (Å²) >= 11 is 0. The van der Waals surface area contributed by atoms with Gasteiger partial charge in [-0.3, -0.25) is 9.69 Å². The third-order valence-corrected chi connectivity index (χ3v) is 1.78. The Hall–Kier alpha value is -1.32. The summed E-state index contributed by atoms with van der Waals surface area (Å²) in [6.45, 7) is 3.59. The highest BCUT2D eigenvalue weighted by Crippen LogP contribution is 2.14. The van der Waals surface area contributed by atoms with Gasteiger partial charge in [-0.05, 0) is 0 Å². The van der Waals surface area contributed by atoms with Gasteiger partial charge < -0.3 is 4.90 Å². The van der Waals surface area contributed by atoms with Crippen molar-refractivity contribution in [2.45, 2.75) is 6.42 Å². The van der Waals surface area contributed by atoms with E-state index in [1.807, 2.05) is 0 Å². The van der Waals surface area contributed by atoms with Gasteiger partial charge in [-0.2, -0.15) is 0 Å². The van der Waals surface area contributed by atoms with Gasteiger partial charge in [-0.1, -0.05) is 6.58 Å². The summed E-state index contributed by atoms with van der Waals surface area (Å²) in [5.74, 6) is -0.196. The summed E-state index contributed by atoms with van der Waals surface area (Å²) in [4.78, 5) is 24.6. The topological polar surface area (TPSA) is 40.6 Å². The predicted molar refractivity (Wildman–Crippen MR) is 39.7 cm³/mol. The Balaban J connectivity index is 2.87. The van der Waals surface area contributed by atoms with Gasteiger partial charge in [-0.15, -0.1) is 0 Å². The van der Waals surface area contributed by atoms with Crippen LogP contribution in [0.5, 0.6) is 0 Å². The summed E-state index contributed by atoms with van der Waals surface area (Å²) in [5.41, 5.74) is 0.554. The van der Waals surface area contributed by atoms with E-state index in [4.69, 9.17) is 0 Å². The molecule has 11 heavy (non-hydrogen) atoms. The van der Waals surface area contributed by atoms with Gasteiger partial charge in [-0.25, -0.2) is 4.79 Å². The molecule has 1 heterocycles. The Kier molecular flexibility index (Phi) is 1.68. The van der Waals surface area contributed by atoms with Crippen molar-refractivity contribution in [2.75, 3.05) is 14.1 Å². The molecular weight excluding hydrogens is 144 g/mol. The van der Waals surface area contributed by atoms with Crippen molar-refractivity contribution in [1.82, 2.24) is 9.80 Å². The number of imide groups is 1. The maximum absolute atomic E-state index is 11.1. The highest BCUT2D eigenvalue weighted by atomic mass is 16.2. The maximum Gasteiger partial charge on any atom is 0.330 e. The lowest BCUT2D eigenvalue weighted by Gasteiger charge is -2.30. The quantitative estimate of drug-likeness (QED) is 0.507. The Morgan fingerprint density at radius 2 is 1.82 bits per heavy atom. The van der Waals surface area contributed by atoms with Gasteiger partial charge in [0.25, 0.3) is 0 Å². The van der Waals surface area contributed by atoms with E-state index in [2.05, 4.69) is 6.58 Å². The van der Waals surface area contributed by atoms with E-state index in [1.54, 1.807) is 7.05 Å². The van der Waals surface area contributed by atoms with E-state index in [9.17, 15) is 9.59 Å². The van der Waals surface area contributed by atoms with Gasteiger partial charge in [0.15, 0.2) is 0 Å². The molecule has 0 aromatic heterocycles. The normalized spacial score (nSPS) is 19.6. The molecular formula is C7H10N2O2. The SMILES string of the molecule is C=C1CC(=O)N(C)C(=O)N1C. The molecule has 1 aliphatic rings. The second-order valence-electron chi connectivity index (χ2n) is 2.54. The fraction of sp³-hybridized carbons (Fsp3) is 0.429. The van der Waals surface area contributed by atoms with E-state index < -0.39 is 0 Å². The first-order chi connectivity index (χ1) is 5.04. The highest BCUT2D eigenvalue weighted by molar-refractivity contribution is 5.98. The van der Waals surface area contributed by atoms with E-state index >= 15 is 0 Å². The molecule has 0 atom stereocenters. The molecule has 4 nitrogen and oxygen atoms in total. The standard InChI is InChI=1S/C7H10N2O2/c1-5-4-6(10)9(3)7(11)8(5)2/h1,4H2,2-3H3. The number of urea groups is 1. The van der Waals surface area contributed by atoms with Crippen LogP contribution in [0.3, 0.4) is 0 Å². The van der Waals surface area contributed by atoms with Crippen molar-refractivity contribution in [3.63, 3.8) is 0 Å². The van der Waals surface area contributed by atoms with Crippen LogP contribution in [0.2, 0.25) is 0 Å². The second-order valence-corrected chi connectivity index (χ2v) is 2.54. The maximum atomic E-state index is 11.1. The first kappa shape index (κ1) is 7.78. The zero-order valence-electron chi connectivity index (χ0n) is 6.63. The number of nitrogens with zero attached hydrogens (tertiary/aromatic N) is 2. The lowest BCUT2D eigenvalue weighted by Crippen LogP contribution is -2.46. The van der Waals surface area contributed by atoms with Crippen molar-refractivity contribution in [2.24, 2.45) is 0 Å². The first-order valence-corrected chi connectivity index (χ1v) is 3.26. The minimum absolute atomic E-state index is 0.196. The van der Waals surface area contributed by atoms with E-state index in [0.717, 1.165) is 4.90 Å². The molecule has 1 fully saturated rings. The van der Waals surface area contributed by atoms with Gasteiger partial charge in [0, 0.05) is 19.8 Å². The fourth-order valence-electron chi connectivity index (χ4n) is 0.879. The molecule has 0 N–H and O–H groups in total. The number of rotatable bonds is 0. The molecule has 4 heteroatoms. The van der Waals surface area contributed by atoms with Crippen LogP contribution >= 0.6 is 0 Å². The van der Waals surface area contributed by atoms with Crippen LogP contribution in [0.15, 0.2) is 12.3 Å². The molecule has 0 spiro atoms. The Morgan fingerprint density at radius 3 is 2.36 bits per heavy atom. The monoisotopic (exact) mass is 154 g/mol. The number of carbonyl (C=O) groups excluding carboxylic acids is 2. The van der Waals surface area contributed by atoms with Gasteiger partial charge in [0.05, 0.1) is 6.42 Å². The average Bonchev–Trinajstić information content (AvgIpc) is 1.97. The lowest BCUT2D eigenvalue weighted by molar-refractivity contribution is -0.128. The molecule has 1 rings (SSSR count). The zero-order chi connectivity index (χ0) is 8.59. The molecule has 0 aromatic carbocycles. The van der Waals surface area contributed by atoms with Gasteiger partial charge in [0.2, 0.25) is 5.91 Å². The molecule has 1 saturated heterocycles. The second kappa shape index (κ2) is 2.38. The summed E-state index contributed by atoms with van der Waals surface area (Å²) in [6.07, 6.45) is 0.235. The number of amides is 3. The summed E-state index contributed by atoms with van der Waals surface area (Å²) in [5, 5.41) is 0. The van der Waals surface area contributed by atoms with Crippen LogP contribution in [0, 0.1) is 0 Å². The predicted octanol–water partition coefficient (Wildman–Crippen LogP) is 0.414. The minimum atomic E-state index is -0.314. The number of carbonyl (C=O) groups is 2. The summed E-state index contributed by atoms with van der Waals surface area (Å²) in [6, 6.07) is -0.314. The lowest BCUT2D eigenvalue weighted by atomic mass is 10.2. The molecule has 0 bridgehead atoms. The summed E-state index contributed by atoms with van der Waals surface area (Å²) < 4.78 is 0. The van der Waals surface area contributed by atoms with Crippen LogP contribution in [0.4, 0.5) is 4.79 Å². The van der Waals surface area contributed by atoms with Crippen LogP contribution in [-0.4, -0.2) is 35.8 Å². The van der Waals surface area contributed by atoms with Gasteiger partial charge in [0.1, 0.15) is 0 Å². The largest absolute Gasteiger partial charge is 0.330 e. The smallest absolute Gasteiger partial charge is 0.301 e. The summed E-state index contributed by atoms with van der Waals surface area (Å²) in [7, 11) is 3.07. The molecule has 0 unspecified atom stereocenters. The third-order valence-electron chi connectivity index (χ3n) is 1.78. The van der Waals surface area contributed by atoms with Crippen molar-refractivity contribution in [1.29, 1.82) is 0 Å². The van der Waals surface area contributed by atoms with Crippen LogP contribution in [0.25, 0.3) is 0 Å². The minimum Gasteiger partial charge on any atom is -0.301 e. The average molecular weight is 154 g/mol. The highest BCUT2D eigenvalue weighted by Gasteiger charge is 2.28. The Bertz CT molecular complexity index is 213. The molecule has 1 aliphatic heterocycles.